The maximum Gasteiger partial charge on any atom is 0.268 e. The number of carbonyl (C=O) groups is 1. The van der Waals surface area contributed by atoms with Crippen LogP contribution in [0.1, 0.15) is 11.1 Å². The van der Waals surface area contributed by atoms with E-state index in [0.717, 1.165) is 9.54 Å². The molecule has 4 aromatic rings. The third kappa shape index (κ3) is 7.00. The Balaban J connectivity index is 0.00000253. The van der Waals surface area contributed by atoms with Crippen LogP contribution in [0.25, 0.3) is 11.3 Å². The number of aromatic nitrogens is 1. The van der Waals surface area contributed by atoms with E-state index in [2.05, 4.69) is 10.6 Å². The van der Waals surface area contributed by atoms with Gasteiger partial charge in [0.15, 0.2) is 0 Å². The molecule has 1 heterocycles. The Morgan fingerprint density at radius 3 is 2.32 bits per heavy atom. The van der Waals surface area contributed by atoms with Crippen molar-refractivity contribution in [2.75, 3.05) is 12.4 Å². The zero-order chi connectivity index (χ0) is 25.7. The van der Waals surface area contributed by atoms with Gasteiger partial charge in [-0.2, -0.15) is 0 Å². The predicted molar refractivity (Wildman–Crippen MR) is 153 cm³/mol. The lowest BCUT2D eigenvalue weighted by atomic mass is 10.1. The van der Waals surface area contributed by atoms with Crippen LogP contribution >= 0.6 is 24.8 Å². The summed E-state index contributed by atoms with van der Waals surface area (Å²) in [5, 5.41) is 5.68. The predicted octanol–water partition coefficient (Wildman–Crippen LogP) is 4.60. The molecule has 3 aromatic carbocycles. The van der Waals surface area contributed by atoms with Crippen molar-refractivity contribution in [3.63, 3.8) is 0 Å². The van der Waals surface area contributed by atoms with Gasteiger partial charge in [0.2, 0.25) is 5.91 Å². The molecule has 1 atom stereocenters. The summed E-state index contributed by atoms with van der Waals surface area (Å²) in [6, 6.07) is 22.1. The van der Waals surface area contributed by atoms with Crippen molar-refractivity contribution >= 4 is 46.4 Å². The van der Waals surface area contributed by atoms with E-state index in [1.807, 2.05) is 30.3 Å². The largest absolute Gasteiger partial charge is 0.325 e. The van der Waals surface area contributed by atoms with Crippen molar-refractivity contribution in [1.82, 2.24) is 9.29 Å². The maximum atomic E-state index is 14.6. The number of nitrogens with one attached hydrogen (secondary N) is 2. The van der Waals surface area contributed by atoms with Crippen LogP contribution < -0.4 is 16.4 Å². The third-order valence-electron chi connectivity index (χ3n) is 5.67. The molecule has 4 rings (SSSR count). The second kappa shape index (κ2) is 13.5. The highest BCUT2D eigenvalue weighted by Gasteiger charge is 2.24. The van der Waals surface area contributed by atoms with Gasteiger partial charge in [0.05, 0.1) is 16.6 Å². The zero-order valence-electron chi connectivity index (χ0n) is 20.5. The van der Waals surface area contributed by atoms with Crippen LogP contribution in [0, 0.1) is 5.82 Å². The topological polar surface area (TPSA) is 106 Å². The average Bonchev–Trinajstić information content (AvgIpc) is 3.30. The molecule has 7 nitrogen and oxygen atoms in total. The summed E-state index contributed by atoms with van der Waals surface area (Å²) in [5.41, 5.74) is 8.32. The number of anilines is 1. The van der Waals surface area contributed by atoms with Crippen LogP contribution in [-0.4, -0.2) is 31.4 Å². The summed E-state index contributed by atoms with van der Waals surface area (Å²) in [7, 11) is -2.38. The minimum absolute atomic E-state index is 0. The highest BCUT2D eigenvalue weighted by molar-refractivity contribution is 7.90. The first-order chi connectivity index (χ1) is 17.3. The number of halogens is 3. The van der Waals surface area contributed by atoms with E-state index < -0.39 is 27.8 Å². The molecule has 0 aliphatic heterocycles. The van der Waals surface area contributed by atoms with Crippen molar-refractivity contribution < 1.29 is 17.6 Å². The first kappa shape index (κ1) is 31.0. The van der Waals surface area contributed by atoms with Crippen molar-refractivity contribution in [3.8, 4) is 11.3 Å². The van der Waals surface area contributed by atoms with E-state index in [9.17, 15) is 17.6 Å². The number of benzene rings is 3. The van der Waals surface area contributed by atoms with Crippen LogP contribution in [0.3, 0.4) is 0 Å². The van der Waals surface area contributed by atoms with Crippen LogP contribution in [0.4, 0.5) is 10.1 Å². The number of nitrogens with zero attached hydrogens (tertiary/aromatic N) is 1. The van der Waals surface area contributed by atoms with E-state index in [4.69, 9.17) is 5.73 Å². The Hall–Kier alpha value is -3.21. The number of hydrogen-bond donors (Lipinski definition) is 3. The van der Waals surface area contributed by atoms with E-state index in [1.165, 1.54) is 36.5 Å². The number of amides is 1. The molecule has 38 heavy (non-hydrogen) atoms. The van der Waals surface area contributed by atoms with Gasteiger partial charge in [0.25, 0.3) is 10.0 Å². The van der Waals surface area contributed by atoms with Gasteiger partial charge in [-0.05, 0) is 61.0 Å². The van der Waals surface area contributed by atoms with Gasteiger partial charge < -0.3 is 16.4 Å². The van der Waals surface area contributed by atoms with Gasteiger partial charge in [-0.1, -0.05) is 48.5 Å². The summed E-state index contributed by atoms with van der Waals surface area (Å²) in [5.74, 6) is -0.964. The second-order valence-electron chi connectivity index (χ2n) is 8.36. The molecular formula is C27H29Cl2FN4O3S. The Labute approximate surface area is 234 Å². The highest BCUT2D eigenvalue weighted by Crippen LogP contribution is 2.29. The molecule has 0 aliphatic carbocycles. The zero-order valence-corrected chi connectivity index (χ0v) is 23.0. The van der Waals surface area contributed by atoms with E-state index in [0.29, 0.717) is 24.2 Å². The van der Waals surface area contributed by atoms with Gasteiger partial charge in [0, 0.05) is 24.0 Å². The lowest BCUT2D eigenvalue weighted by molar-refractivity contribution is -0.117. The van der Waals surface area contributed by atoms with E-state index in [1.54, 1.807) is 31.3 Å². The van der Waals surface area contributed by atoms with Gasteiger partial charge in [-0.25, -0.2) is 16.8 Å². The molecular weight excluding hydrogens is 550 g/mol. The number of carbonyl (C=O) groups excluding carboxylic acids is 1. The Kier molecular flexibility index (Phi) is 11.1. The molecule has 0 bridgehead atoms. The molecule has 0 fully saturated rings. The van der Waals surface area contributed by atoms with Crippen molar-refractivity contribution in [2.24, 2.45) is 5.73 Å². The lowest BCUT2D eigenvalue weighted by Crippen LogP contribution is -2.37. The quantitative estimate of drug-likeness (QED) is 0.269. The fraction of sp³-hybridized carbons (Fsp3) is 0.148. The fourth-order valence-corrected chi connectivity index (χ4v) is 5.34. The molecule has 0 unspecified atom stereocenters. The molecule has 1 amide bonds. The molecule has 0 radical (unpaired) electrons. The molecule has 11 heteroatoms. The fourth-order valence-electron chi connectivity index (χ4n) is 3.91. The van der Waals surface area contributed by atoms with Crippen LogP contribution in [0.5, 0.6) is 0 Å². The number of nitrogens with two attached hydrogens (primary N) is 1. The Morgan fingerprint density at radius 1 is 0.947 bits per heavy atom. The first-order valence-electron chi connectivity index (χ1n) is 11.4. The third-order valence-corrected chi connectivity index (χ3v) is 7.34. The van der Waals surface area contributed by atoms with Crippen molar-refractivity contribution in [1.29, 1.82) is 0 Å². The van der Waals surface area contributed by atoms with E-state index >= 15 is 0 Å². The van der Waals surface area contributed by atoms with Crippen LogP contribution in [0.2, 0.25) is 0 Å². The molecule has 0 spiro atoms. The summed E-state index contributed by atoms with van der Waals surface area (Å²) in [6.07, 6.45) is 1.81. The van der Waals surface area contributed by atoms with Crippen molar-refractivity contribution in [3.05, 3.63) is 108 Å². The molecule has 1 aromatic heterocycles. The summed E-state index contributed by atoms with van der Waals surface area (Å²) >= 11 is 0. The van der Waals surface area contributed by atoms with Gasteiger partial charge >= 0.3 is 0 Å². The minimum atomic E-state index is -4.12. The monoisotopic (exact) mass is 578 g/mol. The Bertz CT molecular complexity index is 1480. The van der Waals surface area contributed by atoms with E-state index in [-0.39, 0.29) is 41.0 Å². The Morgan fingerprint density at radius 2 is 1.63 bits per heavy atom. The molecule has 4 N–H and O–H groups in total. The van der Waals surface area contributed by atoms with Gasteiger partial charge in [-0.3, -0.25) is 4.79 Å². The molecule has 202 valence electrons. The van der Waals surface area contributed by atoms with Crippen LogP contribution in [-0.2, 0) is 27.8 Å². The number of rotatable bonds is 9. The summed E-state index contributed by atoms with van der Waals surface area (Å²) in [6.45, 7) is 0.402. The average molecular weight is 580 g/mol. The smallest absolute Gasteiger partial charge is 0.268 e. The lowest BCUT2D eigenvalue weighted by Gasteiger charge is -2.14. The summed E-state index contributed by atoms with van der Waals surface area (Å²) in [4.78, 5) is 12.6. The van der Waals surface area contributed by atoms with Gasteiger partial charge in [-0.15, -0.1) is 24.8 Å². The van der Waals surface area contributed by atoms with Crippen LogP contribution in [0.15, 0.2) is 96.0 Å². The SMILES string of the molecule is CNCc1cc(-c2ccccc2F)n(S(=O)(=O)c2cccc(NC(=O)[C@@H](N)Cc3ccccc3)c2)c1.Cl.Cl. The standard InChI is InChI=1S/C27H27FN4O3S.2ClH/c1-30-17-20-15-26(23-12-5-6-13-24(23)28)32(18-20)36(34,35)22-11-7-10-21(16-22)31-27(33)25(29)14-19-8-3-2-4-9-19;;/h2-13,15-16,18,25,30H,14,17,29H2,1H3,(H,31,33);2*1H/t25-;;/m0../s1. The normalized spacial score (nSPS) is 11.7. The highest BCUT2D eigenvalue weighted by atomic mass is 35.5. The molecule has 0 saturated carbocycles. The maximum absolute atomic E-state index is 14.6. The van der Waals surface area contributed by atoms with Gasteiger partial charge in [0.1, 0.15) is 5.82 Å². The number of hydrogen-bond acceptors (Lipinski definition) is 5. The minimum Gasteiger partial charge on any atom is -0.325 e. The second-order valence-corrected chi connectivity index (χ2v) is 10.2. The molecule has 0 saturated heterocycles. The van der Waals surface area contributed by atoms with Crippen molar-refractivity contribution in [2.45, 2.75) is 23.9 Å². The molecule has 0 aliphatic rings. The first-order valence-corrected chi connectivity index (χ1v) is 12.8. The summed E-state index contributed by atoms with van der Waals surface area (Å²) < 4.78 is 43.0.